The molecule has 0 heterocycles. The van der Waals surface area contributed by atoms with Crippen LogP contribution in [0.3, 0.4) is 0 Å². The Morgan fingerprint density at radius 1 is 1.27 bits per heavy atom. The van der Waals surface area contributed by atoms with Crippen LogP contribution < -0.4 is 10.1 Å². The number of hydrogen-bond donors (Lipinski definition) is 1. The molecule has 3 rings (SSSR count). The zero-order valence-electron chi connectivity index (χ0n) is 13.5. The Labute approximate surface area is 137 Å². The van der Waals surface area contributed by atoms with Gasteiger partial charge in [-0.3, -0.25) is 4.79 Å². The molecule has 3 nitrogen and oxygen atoms in total. The summed E-state index contributed by atoms with van der Waals surface area (Å²) in [5.41, 5.74) is 1.94. The van der Waals surface area contributed by atoms with Gasteiger partial charge in [0, 0.05) is 11.1 Å². The first-order valence-corrected chi connectivity index (χ1v) is 8.55. The first-order valence-electron chi connectivity index (χ1n) is 8.18. The largest absolute Gasteiger partial charge is 0.481 e. The molecule has 4 heteroatoms. The molecular formula is C18H24ClNO2. The van der Waals surface area contributed by atoms with Crippen LogP contribution in [-0.2, 0) is 4.79 Å². The van der Waals surface area contributed by atoms with Crippen LogP contribution in [0.1, 0.15) is 43.7 Å². The topological polar surface area (TPSA) is 38.3 Å². The van der Waals surface area contributed by atoms with Gasteiger partial charge in [0.2, 0.25) is 0 Å². The van der Waals surface area contributed by atoms with E-state index in [9.17, 15) is 4.79 Å². The van der Waals surface area contributed by atoms with Gasteiger partial charge in [0.25, 0.3) is 5.91 Å². The van der Waals surface area contributed by atoms with E-state index in [-0.39, 0.29) is 5.91 Å². The summed E-state index contributed by atoms with van der Waals surface area (Å²) >= 11 is 6.16. The minimum absolute atomic E-state index is 0.0113. The summed E-state index contributed by atoms with van der Waals surface area (Å²) in [6, 6.07) is 4.12. The lowest BCUT2D eigenvalue weighted by molar-refractivity contribution is -0.128. The first kappa shape index (κ1) is 15.7. The zero-order chi connectivity index (χ0) is 15.9. The highest BCUT2D eigenvalue weighted by atomic mass is 35.5. The molecule has 2 fully saturated rings. The standard InChI is InChI=1S/C18H24ClNO2/c1-10-6-15(7-11(2)17(10)19)22-12(3)18(21)20-16-9-13-4-5-14(16)8-13/h6-7,12-14,16H,4-5,8-9H2,1-3H3,(H,20,21)/t12-,13-,14-,16-/m0/s1. The number of halogens is 1. The molecule has 0 aromatic heterocycles. The zero-order valence-corrected chi connectivity index (χ0v) is 14.2. The molecule has 2 aliphatic carbocycles. The Morgan fingerprint density at radius 3 is 2.50 bits per heavy atom. The van der Waals surface area contributed by atoms with Gasteiger partial charge in [-0.1, -0.05) is 18.0 Å². The summed E-state index contributed by atoms with van der Waals surface area (Å²) in [6.07, 6.45) is 4.55. The number of aryl methyl sites for hydroxylation is 2. The molecule has 1 amide bonds. The lowest BCUT2D eigenvalue weighted by Crippen LogP contribution is -2.44. The van der Waals surface area contributed by atoms with E-state index in [1.54, 1.807) is 0 Å². The average Bonchev–Trinajstić information content (AvgIpc) is 3.07. The van der Waals surface area contributed by atoms with Crippen molar-refractivity contribution in [3.8, 4) is 5.75 Å². The highest BCUT2D eigenvalue weighted by molar-refractivity contribution is 6.32. The van der Waals surface area contributed by atoms with Crippen LogP contribution in [0.25, 0.3) is 0 Å². The van der Waals surface area contributed by atoms with Crippen molar-refractivity contribution in [2.75, 3.05) is 0 Å². The smallest absolute Gasteiger partial charge is 0.261 e. The quantitative estimate of drug-likeness (QED) is 0.909. The van der Waals surface area contributed by atoms with Crippen molar-refractivity contribution in [3.05, 3.63) is 28.3 Å². The van der Waals surface area contributed by atoms with E-state index in [2.05, 4.69) is 5.32 Å². The Hall–Kier alpha value is -1.22. The predicted molar refractivity (Wildman–Crippen MR) is 88.4 cm³/mol. The van der Waals surface area contributed by atoms with Crippen molar-refractivity contribution in [3.63, 3.8) is 0 Å². The monoisotopic (exact) mass is 321 g/mol. The van der Waals surface area contributed by atoms with E-state index in [1.807, 2.05) is 32.9 Å². The molecule has 120 valence electrons. The average molecular weight is 322 g/mol. The van der Waals surface area contributed by atoms with Crippen LogP contribution in [0.4, 0.5) is 0 Å². The molecule has 22 heavy (non-hydrogen) atoms. The molecular weight excluding hydrogens is 298 g/mol. The number of nitrogens with one attached hydrogen (secondary N) is 1. The summed E-state index contributed by atoms with van der Waals surface area (Å²) in [7, 11) is 0. The lowest BCUT2D eigenvalue weighted by atomic mass is 9.95. The molecule has 2 bridgehead atoms. The Balaban J connectivity index is 1.59. The fourth-order valence-electron chi connectivity index (χ4n) is 3.95. The van der Waals surface area contributed by atoms with Crippen LogP contribution in [0.15, 0.2) is 12.1 Å². The maximum Gasteiger partial charge on any atom is 0.261 e. The predicted octanol–water partition coefficient (Wildman–Crippen LogP) is 4.03. The SMILES string of the molecule is Cc1cc(O[C@@H](C)C(=O)N[C@H]2C[C@H]3CC[C@H]2C3)cc(C)c1Cl. The molecule has 2 aliphatic rings. The van der Waals surface area contributed by atoms with Crippen molar-refractivity contribution in [2.24, 2.45) is 11.8 Å². The molecule has 0 aliphatic heterocycles. The van der Waals surface area contributed by atoms with Gasteiger partial charge in [-0.2, -0.15) is 0 Å². The molecule has 2 saturated carbocycles. The van der Waals surface area contributed by atoms with Crippen LogP contribution in [0.2, 0.25) is 5.02 Å². The fourth-order valence-corrected chi connectivity index (χ4v) is 4.06. The number of benzene rings is 1. The van der Waals surface area contributed by atoms with Crippen LogP contribution in [-0.4, -0.2) is 18.1 Å². The molecule has 0 saturated heterocycles. The van der Waals surface area contributed by atoms with Crippen molar-refractivity contribution in [1.29, 1.82) is 0 Å². The number of rotatable bonds is 4. The van der Waals surface area contributed by atoms with Gasteiger partial charge in [-0.05, 0) is 75.1 Å². The Bertz CT molecular complexity index is 563. The van der Waals surface area contributed by atoms with Crippen molar-refractivity contribution >= 4 is 17.5 Å². The van der Waals surface area contributed by atoms with Gasteiger partial charge in [0.15, 0.2) is 6.10 Å². The van der Waals surface area contributed by atoms with E-state index >= 15 is 0 Å². The third-order valence-electron chi connectivity index (χ3n) is 5.16. The Morgan fingerprint density at radius 2 is 1.95 bits per heavy atom. The van der Waals surface area contributed by atoms with Gasteiger partial charge in [0.1, 0.15) is 5.75 Å². The lowest BCUT2D eigenvalue weighted by Gasteiger charge is -2.25. The van der Waals surface area contributed by atoms with Crippen LogP contribution in [0.5, 0.6) is 5.75 Å². The van der Waals surface area contributed by atoms with Crippen molar-refractivity contribution in [2.45, 2.75) is 58.6 Å². The summed E-state index contributed by atoms with van der Waals surface area (Å²) in [5.74, 6) is 2.20. The number of hydrogen-bond acceptors (Lipinski definition) is 2. The van der Waals surface area contributed by atoms with Gasteiger partial charge >= 0.3 is 0 Å². The van der Waals surface area contributed by atoms with Gasteiger partial charge < -0.3 is 10.1 Å². The first-order chi connectivity index (χ1) is 10.4. The maximum atomic E-state index is 12.4. The third-order valence-corrected chi connectivity index (χ3v) is 5.75. The molecule has 0 spiro atoms. The highest BCUT2D eigenvalue weighted by Gasteiger charge is 2.40. The van der Waals surface area contributed by atoms with Gasteiger partial charge in [-0.25, -0.2) is 0 Å². The van der Waals surface area contributed by atoms with Crippen LogP contribution in [0, 0.1) is 25.7 Å². The van der Waals surface area contributed by atoms with Crippen molar-refractivity contribution < 1.29 is 9.53 Å². The molecule has 1 N–H and O–H groups in total. The minimum atomic E-state index is -0.487. The summed E-state index contributed by atoms with van der Waals surface area (Å²) < 4.78 is 5.81. The maximum absolute atomic E-state index is 12.4. The van der Waals surface area contributed by atoms with Gasteiger partial charge in [-0.15, -0.1) is 0 Å². The van der Waals surface area contributed by atoms with E-state index in [0.29, 0.717) is 17.7 Å². The number of amides is 1. The molecule has 1 aromatic carbocycles. The summed E-state index contributed by atoms with van der Waals surface area (Å²) in [4.78, 5) is 12.4. The second kappa shape index (κ2) is 6.11. The molecule has 1 aromatic rings. The summed E-state index contributed by atoms with van der Waals surface area (Å²) in [5, 5.41) is 3.94. The van der Waals surface area contributed by atoms with Crippen LogP contribution >= 0.6 is 11.6 Å². The Kier molecular flexibility index (Phi) is 4.35. The second-order valence-corrected chi connectivity index (χ2v) is 7.30. The number of ether oxygens (including phenoxy) is 1. The highest BCUT2D eigenvalue weighted by Crippen LogP contribution is 2.44. The summed E-state index contributed by atoms with van der Waals surface area (Å²) in [6.45, 7) is 5.70. The molecule has 4 atom stereocenters. The van der Waals surface area contributed by atoms with E-state index in [0.717, 1.165) is 28.5 Å². The number of fused-ring (bicyclic) bond motifs is 2. The third kappa shape index (κ3) is 3.10. The van der Waals surface area contributed by atoms with Crippen molar-refractivity contribution in [1.82, 2.24) is 5.32 Å². The number of carbonyl (C=O) groups excluding carboxylic acids is 1. The molecule has 0 radical (unpaired) electrons. The van der Waals surface area contributed by atoms with Gasteiger partial charge in [0.05, 0.1) is 0 Å². The fraction of sp³-hybridized carbons (Fsp3) is 0.611. The van der Waals surface area contributed by atoms with E-state index in [1.165, 1.54) is 19.3 Å². The second-order valence-electron chi connectivity index (χ2n) is 6.92. The van der Waals surface area contributed by atoms with E-state index in [4.69, 9.17) is 16.3 Å². The van der Waals surface area contributed by atoms with E-state index < -0.39 is 6.10 Å². The normalized spacial score (nSPS) is 27.7. The molecule has 0 unspecified atom stereocenters. The minimum Gasteiger partial charge on any atom is -0.481 e. The number of carbonyl (C=O) groups is 1.